The zero-order chi connectivity index (χ0) is 9.68. The van der Waals surface area contributed by atoms with Crippen LogP contribution in [0.15, 0.2) is 18.2 Å². The molecule has 1 rings (SSSR count). The predicted molar refractivity (Wildman–Crippen MR) is 57.8 cm³/mol. The van der Waals surface area contributed by atoms with Crippen LogP contribution in [0.4, 0.5) is 0 Å². The molecule has 0 aromatic heterocycles. The maximum absolute atomic E-state index is 8.94. The number of rotatable bonds is 1. The van der Waals surface area contributed by atoms with Gasteiger partial charge in [-0.15, -0.1) is 0 Å². The molecule has 0 fully saturated rings. The van der Waals surface area contributed by atoms with E-state index in [-0.39, 0.29) is 6.61 Å². The van der Waals surface area contributed by atoms with Crippen molar-refractivity contribution in [1.82, 2.24) is 0 Å². The molecule has 0 saturated heterocycles. The quantitative estimate of drug-likeness (QED) is 0.513. The van der Waals surface area contributed by atoms with Gasteiger partial charge in [-0.3, -0.25) is 0 Å². The number of hydrogen-bond acceptors (Lipinski definition) is 2. The standard InChI is InChI=1S/C11H12OS/c1-9-7-10(3-2-6-13)4-5-11(9)8-12/h4-5,7,12-13H,6,8H2,1H3. The Morgan fingerprint density at radius 3 is 2.77 bits per heavy atom. The summed E-state index contributed by atoms with van der Waals surface area (Å²) >= 11 is 4.00. The lowest BCUT2D eigenvalue weighted by Gasteiger charge is -2.01. The minimum absolute atomic E-state index is 0.0894. The lowest BCUT2D eigenvalue weighted by Crippen LogP contribution is -1.88. The van der Waals surface area contributed by atoms with Gasteiger partial charge < -0.3 is 5.11 Å². The summed E-state index contributed by atoms with van der Waals surface area (Å²) in [5.41, 5.74) is 3.01. The molecule has 0 bridgehead atoms. The second-order valence-corrected chi connectivity index (χ2v) is 3.08. The van der Waals surface area contributed by atoms with Gasteiger partial charge in [0.25, 0.3) is 0 Å². The zero-order valence-corrected chi connectivity index (χ0v) is 8.44. The van der Waals surface area contributed by atoms with Gasteiger partial charge in [0.2, 0.25) is 0 Å². The van der Waals surface area contributed by atoms with Crippen molar-refractivity contribution in [2.75, 3.05) is 5.75 Å². The van der Waals surface area contributed by atoms with Gasteiger partial charge in [0.15, 0.2) is 0 Å². The smallest absolute Gasteiger partial charge is 0.0684 e. The first-order chi connectivity index (χ1) is 6.27. The van der Waals surface area contributed by atoms with Crippen molar-refractivity contribution < 1.29 is 5.11 Å². The third-order valence-electron chi connectivity index (χ3n) is 1.82. The fourth-order valence-electron chi connectivity index (χ4n) is 1.09. The Morgan fingerprint density at radius 1 is 1.46 bits per heavy atom. The largest absolute Gasteiger partial charge is 0.392 e. The Morgan fingerprint density at radius 2 is 2.23 bits per heavy atom. The Bertz CT molecular complexity index is 347. The van der Waals surface area contributed by atoms with Crippen LogP contribution >= 0.6 is 12.6 Å². The van der Waals surface area contributed by atoms with Crippen molar-refractivity contribution in [2.45, 2.75) is 13.5 Å². The second-order valence-electron chi connectivity index (χ2n) is 2.76. The SMILES string of the molecule is Cc1cc(C#CCS)ccc1CO. The van der Waals surface area contributed by atoms with E-state index in [2.05, 4.69) is 24.5 Å². The second kappa shape index (κ2) is 4.96. The molecule has 0 unspecified atom stereocenters. The maximum Gasteiger partial charge on any atom is 0.0684 e. The average Bonchev–Trinajstić information content (AvgIpc) is 2.15. The zero-order valence-electron chi connectivity index (χ0n) is 7.54. The first-order valence-corrected chi connectivity index (χ1v) is 4.71. The number of benzene rings is 1. The lowest BCUT2D eigenvalue weighted by atomic mass is 10.1. The molecule has 0 aliphatic heterocycles. The fraction of sp³-hybridized carbons (Fsp3) is 0.273. The Labute approximate surface area is 84.2 Å². The average molecular weight is 192 g/mol. The highest BCUT2D eigenvalue weighted by Crippen LogP contribution is 2.09. The minimum Gasteiger partial charge on any atom is -0.392 e. The highest BCUT2D eigenvalue weighted by molar-refractivity contribution is 7.80. The van der Waals surface area contributed by atoms with Gasteiger partial charge in [0.05, 0.1) is 12.4 Å². The van der Waals surface area contributed by atoms with E-state index in [1.165, 1.54) is 0 Å². The molecule has 0 heterocycles. The number of hydrogen-bond donors (Lipinski definition) is 2. The van der Waals surface area contributed by atoms with Crippen LogP contribution in [0.25, 0.3) is 0 Å². The summed E-state index contributed by atoms with van der Waals surface area (Å²) < 4.78 is 0. The fourth-order valence-corrected chi connectivity index (χ4v) is 1.17. The van der Waals surface area contributed by atoms with Crippen LogP contribution in [-0.4, -0.2) is 10.9 Å². The third kappa shape index (κ3) is 2.80. The Hall–Kier alpha value is -0.910. The van der Waals surface area contributed by atoms with Gasteiger partial charge in [-0.1, -0.05) is 17.9 Å². The molecule has 0 aliphatic rings. The highest BCUT2D eigenvalue weighted by Gasteiger charge is 1.96. The van der Waals surface area contributed by atoms with Crippen LogP contribution in [0.5, 0.6) is 0 Å². The van der Waals surface area contributed by atoms with E-state index in [0.29, 0.717) is 5.75 Å². The summed E-state index contributed by atoms with van der Waals surface area (Å²) in [6, 6.07) is 5.79. The molecular formula is C11H12OS. The molecule has 0 atom stereocenters. The van der Waals surface area contributed by atoms with Crippen molar-refractivity contribution in [1.29, 1.82) is 0 Å². The number of thiol groups is 1. The molecule has 68 valence electrons. The summed E-state index contributed by atoms with van der Waals surface area (Å²) in [5, 5.41) is 8.94. The molecule has 0 radical (unpaired) electrons. The van der Waals surface area contributed by atoms with E-state index >= 15 is 0 Å². The first kappa shape index (κ1) is 10.2. The van der Waals surface area contributed by atoms with E-state index in [0.717, 1.165) is 16.7 Å². The normalized spacial score (nSPS) is 9.15. The molecular weight excluding hydrogens is 180 g/mol. The summed E-state index contributed by atoms with van der Waals surface area (Å²) in [5.74, 6) is 6.43. The van der Waals surface area contributed by atoms with Gasteiger partial charge >= 0.3 is 0 Å². The van der Waals surface area contributed by atoms with Gasteiger partial charge in [0.1, 0.15) is 0 Å². The molecule has 0 saturated carbocycles. The first-order valence-electron chi connectivity index (χ1n) is 4.08. The molecule has 1 nitrogen and oxygen atoms in total. The van der Waals surface area contributed by atoms with Crippen molar-refractivity contribution in [3.8, 4) is 11.8 Å². The van der Waals surface area contributed by atoms with Gasteiger partial charge in [-0.2, -0.15) is 12.6 Å². The van der Waals surface area contributed by atoms with Crippen LogP contribution in [0, 0.1) is 18.8 Å². The number of aliphatic hydroxyl groups excluding tert-OH is 1. The van der Waals surface area contributed by atoms with Crippen LogP contribution in [0.3, 0.4) is 0 Å². The Kier molecular flexibility index (Phi) is 3.88. The van der Waals surface area contributed by atoms with Crippen molar-refractivity contribution in [2.24, 2.45) is 0 Å². The summed E-state index contributed by atoms with van der Waals surface area (Å²) in [6.45, 7) is 2.06. The molecule has 2 heteroatoms. The van der Waals surface area contributed by atoms with E-state index in [1.807, 2.05) is 25.1 Å². The van der Waals surface area contributed by atoms with Gasteiger partial charge in [-0.25, -0.2) is 0 Å². The van der Waals surface area contributed by atoms with Crippen molar-refractivity contribution in [3.05, 3.63) is 34.9 Å². The topological polar surface area (TPSA) is 20.2 Å². The Balaban J connectivity index is 2.96. The van der Waals surface area contributed by atoms with Crippen molar-refractivity contribution >= 4 is 12.6 Å². The van der Waals surface area contributed by atoms with Crippen molar-refractivity contribution in [3.63, 3.8) is 0 Å². The maximum atomic E-state index is 8.94. The molecule has 1 aromatic carbocycles. The molecule has 0 spiro atoms. The summed E-state index contributed by atoms with van der Waals surface area (Å²) in [7, 11) is 0. The number of aryl methyl sites for hydroxylation is 1. The predicted octanol–water partition coefficient (Wildman–Crippen LogP) is 1.77. The monoisotopic (exact) mass is 192 g/mol. The highest BCUT2D eigenvalue weighted by atomic mass is 32.1. The van der Waals surface area contributed by atoms with Crippen LogP contribution < -0.4 is 0 Å². The van der Waals surface area contributed by atoms with E-state index < -0.39 is 0 Å². The van der Waals surface area contributed by atoms with E-state index in [9.17, 15) is 0 Å². The summed E-state index contributed by atoms with van der Waals surface area (Å²) in [4.78, 5) is 0. The molecule has 1 aromatic rings. The minimum atomic E-state index is 0.0894. The molecule has 13 heavy (non-hydrogen) atoms. The molecule has 1 N–H and O–H groups in total. The van der Waals surface area contributed by atoms with E-state index in [1.54, 1.807) is 0 Å². The van der Waals surface area contributed by atoms with Crippen LogP contribution in [0.2, 0.25) is 0 Å². The lowest BCUT2D eigenvalue weighted by molar-refractivity contribution is 0.281. The molecule has 0 aliphatic carbocycles. The van der Waals surface area contributed by atoms with Crippen LogP contribution in [-0.2, 0) is 6.61 Å². The van der Waals surface area contributed by atoms with Gasteiger partial charge in [-0.05, 0) is 30.2 Å². The van der Waals surface area contributed by atoms with E-state index in [4.69, 9.17) is 5.11 Å². The molecule has 0 amide bonds. The number of aliphatic hydroxyl groups is 1. The third-order valence-corrected chi connectivity index (χ3v) is 1.98. The summed E-state index contributed by atoms with van der Waals surface area (Å²) in [6.07, 6.45) is 0. The van der Waals surface area contributed by atoms with Crippen LogP contribution in [0.1, 0.15) is 16.7 Å². The van der Waals surface area contributed by atoms with Gasteiger partial charge in [0, 0.05) is 5.56 Å².